The van der Waals surface area contributed by atoms with Crippen LogP contribution in [0.3, 0.4) is 0 Å². The molecule has 0 unspecified atom stereocenters. The maximum atomic E-state index is 12.4. The van der Waals surface area contributed by atoms with Crippen LogP contribution in [0.15, 0.2) is 48.8 Å². The highest BCUT2D eigenvalue weighted by atomic mass is 19.4. The van der Waals surface area contributed by atoms with Gasteiger partial charge in [-0.3, -0.25) is 4.98 Å². The molecular formula is C15H15F3N2. The third-order valence-electron chi connectivity index (χ3n) is 3.10. The van der Waals surface area contributed by atoms with E-state index in [1.807, 2.05) is 19.1 Å². The molecule has 2 rings (SSSR count). The van der Waals surface area contributed by atoms with E-state index in [1.165, 1.54) is 12.1 Å². The molecule has 0 aliphatic rings. The minimum absolute atomic E-state index is 0.111. The molecule has 1 heterocycles. The fourth-order valence-corrected chi connectivity index (χ4v) is 1.85. The first-order valence-electron chi connectivity index (χ1n) is 6.26. The number of hydrogen-bond donors (Lipinski definition) is 1. The molecule has 1 N–H and O–H groups in total. The molecule has 0 spiro atoms. The molecule has 0 saturated heterocycles. The molecule has 5 heteroatoms. The van der Waals surface area contributed by atoms with Crippen molar-refractivity contribution >= 4 is 0 Å². The van der Waals surface area contributed by atoms with Gasteiger partial charge in [-0.05, 0) is 42.3 Å². The zero-order valence-electron chi connectivity index (χ0n) is 11.0. The van der Waals surface area contributed by atoms with Crippen LogP contribution in [-0.2, 0) is 12.7 Å². The monoisotopic (exact) mass is 280 g/mol. The molecule has 106 valence electrons. The maximum Gasteiger partial charge on any atom is 0.416 e. The van der Waals surface area contributed by atoms with Crippen LogP contribution in [0.4, 0.5) is 13.2 Å². The van der Waals surface area contributed by atoms with Crippen molar-refractivity contribution in [1.82, 2.24) is 10.3 Å². The maximum absolute atomic E-state index is 12.4. The summed E-state index contributed by atoms with van der Waals surface area (Å²) in [6.45, 7) is 2.51. The second kappa shape index (κ2) is 6.05. The molecule has 0 saturated carbocycles. The Kier molecular flexibility index (Phi) is 4.39. The Balaban J connectivity index is 1.94. The van der Waals surface area contributed by atoms with Crippen LogP contribution >= 0.6 is 0 Å². The largest absolute Gasteiger partial charge is 0.416 e. The summed E-state index contributed by atoms with van der Waals surface area (Å²) in [7, 11) is 0. The average Bonchev–Trinajstić information content (AvgIpc) is 2.45. The number of benzene rings is 1. The zero-order valence-corrected chi connectivity index (χ0v) is 11.0. The SMILES string of the molecule is C[C@H](NCc1ccc(C(F)(F)F)cc1)c1ccncc1. The molecule has 1 atom stereocenters. The van der Waals surface area contributed by atoms with Crippen LogP contribution in [0.25, 0.3) is 0 Å². The molecule has 0 aliphatic carbocycles. The predicted molar refractivity (Wildman–Crippen MR) is 70.9 cm³/mol. The average molecular weight is 280 g/mol. The summed E-state index contributed by atoms with van der Waals surface area (Å²) in [5, 5.41) is 3.26. The number of alkyl halides is 3. The Morgan fingerprint density at radius 2 is 1.65 bits per heavy atom. The molecular weight excluding hydrogens is 265 g/mol. The van der Waals surface area contributed by atoms with Gasteiger partial charge in [-0.2, -0.15) is 13.2 Å². The van der Waals surface area contributed by atoms with Gasteiger partial charge in [0.1, 0.15) is 0 Å². The molecule has 0 radical (unpaired) electrons. The van der Waals surface area contributed by atoms with E-state index in [-0.39, 0.29) is 6.04 Å². The fraction of sp³-hybridized carbons (Fsp3) is 0.267. The number of nitrogens with zero attached hydrogens (tertiary/aromatic N) is 1. The van der Waals surface area contributed by atoms with Crippen LogP contribution in [0.1, 0.15) is 29.7 Å². The van der Waals surface area contributed by atoms with E-state index in [0.29, 0.717) is 6.54 Å². The lowest BCUT2D eigenvalue weighted by atomic mass is 10.1. The molecule has 0 amide bonds. The lowest BCUT2D eigenvalue weighted by molar-refractivity contribution is -0.137. The number of hydrogen-bond acceptors (Lipinski definition) is 2. The van der Waals surface area contributed by atoms with E-state index in [9.17, 15) is 13.2 Å². The van der Waals surface area contributed by atoms with Gasteiger partial charge in [0.2, 0.25) is 0 Å². The molecule has 20 heavy (non-hydrogen) atoms. The van der Waals surface area contributed by atoms with Gasteiger partial charge in [-0.25, -0.2) is 0 Å². The van der Waals surface area contributed by atoms with Crippen LogP contribution in [0.5, 0.6) is 0 Å². The summed E-state index contributed by atoms with van der Waals surface area (Å²) in [5.41, 5.74) is 1.29. The van der Waals surface area contributed by atoms with Gasteiger partial charge in [0.25, 0.3) is 0 Å². The number of halogens is 3. The van der Waals surface area contributed by atoms with Crippen molar-refractivity contribution in [3.63, 3.8) is 0 Å². The molecule has 2 nitrogen and oxygen atoms in total. The predicted octanol–water partition coefficient (Wildman–Crippen LogP) is 3.95. The minimum Gasteiger partial charge on any atom is -0.306 e. The van der Waals surface area contributed by atoms with Crippen LogP contribution in [0.2, 0.25) is 0 Å². The Hall–Kier alpha value is -1.88. The first-order chi connectivity index (χ1) is 9.47. The Morgan fingerprint density at radius 1 is 1.05 bits per heavy atom. The van der Waals surface area contributed by atoms with Crippen molar-refractivity contribution in [2.45, 2.75) is 25.7 Å². The van der Waals surface area contributed by atoms with Crippen LogP contribution in [-0.4, -0.2) is 4.98 Å². The van der Waals surface area contributed by atoms with Gasteiger partial charge in [-0.15, -0.1) is 0 Å². The Morgan fingerprint density at radius 3 is 2.20 bits per heavy atom. The Bertz CT molecular complexity index is 535. The normalized spacial score (nSPS) is 13.2. The lowest BCUT2D eigenvalue weighted by Gasteiger charge is -2.14. The fourth-order valence-electron chi connectivity index (χ4n) is 1.85. The molecule has 0 aliphatic heterocycles. The number of aromatic nitrogens is 1. The first kappa shape index (κ1) is 14.5. The van der Waals surface area contributed by atoms with Gasteiger partial charge in [0.05, 0.1) is 5.56 Å². The van der Waals surface area contributed by atoms with Gasteiger partial charge in [-0.1, -0.05) is 12.1 Å². The molecule has 1 aromatic heterocycles. The van der Waals surface area contributed by atoms with E-state index in [4.69, 9.17) is 0 Å². The highest BCUT2D eigenvalue weighted by Gasteiger charge is 2.29. The smallest absolute Gasteiger partial charge is 0.306 e. The van der Waals surface area contributed by atoms with E-state index in [2.05, 4.69) is 10.3 Å². The number of nitrogens with one attached hydrogen (secondary N) is 1. The summed E-state index contributed by atoms with van der Waals surface area (Å²) in [5.74, 6) is 0. The topological polar surface area (TPSA) is 24.9 Å². The van der Waals surface area contributed by atoms with Gasteiger partial charge in [0, 0.05) is 25.0 Å². The van der Waals surface area contributed by atoms with Crippen molar-refractivity contribution in [1.29, 1.82) is 0 Å². The highest BCUT2D eigenvalue weighted by Crippen LogP contribution is 2.29. The van der Waals surface area contributed by atoms with Gasteiger partial charge in [0.15, 0.2) is 0 Å². The van der Waals surface area contributed by atoms with Crippen molar-refractivity contribution in [2.24, 2.45) is 0 Å². The molecule has 0 bridgehead atoms. The quantitative estimate of drug-likeness (QED) is 0.917. The standard InChI is InChI=1S/C15H15F3N2/c1-11(13-6-8-19-9-7-13)20-10-12-2-4-14(5-3-12)15(16,17)18/h2-9,11,20H,10H2,1H3/t11-/m0/s1. The van der Waals surface area contributed by atoms with Crippen molar-refractivity contribution < 1.29 is 13.2 Å². The van der Waals surface area contributed by atoms with Crippen molar-refractivity contribution in [3.8, 4) is 0 Å². The van der Waals surface area contributed by atoms with E-state index in [1.54, 1.807) is 12.4 Å². The molecule has 2 aromatic rings. The van der Waals surface area contributed by atoms with E-state index in [0.717, 1.165) is 23.3 Å². The summed E-state index contributed by atoms with van der Waals surface area (Å²) in [4.78, 5) is 3.94. The molecule has 0 fully saturated rings. The first-order valence-corrected chi connectivity index (χ1v) is 6.26. The summed E-state index contributed by atoms with van der Waals surface area (Å²) in [6, 6.07) is 9.13. The second-order valence-electron chi connectivity index (χ2n) is 4.58. The van der Waals surface area contributed by atoms with Crippen LogP contribution < -0.4 is 5.32 Å². The molecule has 1 aromatic carbocycles. The number of pyridine rings is 1. The van der Waals surface area contributed by atoms with Crippen LogP contribution in [0, 0.1) is 0 Å². The van der Waals surface area contributed by atoms with Crippen molar-refractivity contribution in [2.75, 3.05) is 0 Å². The minimum atomic E-state index is -4.28. The number of rotatable bonds is 4. The zero-order chi connectivity index (χ0) is 14.6. The van der Waals surface area contributed by atoms with Gasteiger partial charge < -0.3 is 5.32 Å². The highest BCUT2D eigenvalue weighted by molar-refractivity contribution is 5.24. The third-order valence-corrected chi connectivity index (χ3v) is 3.10. The Labute approximate surface area is 115 Å². The van der Waals surface area contributed by atoms with Gasteiger partial charge >= 0.3 is 6.18 Å². The summed E-state index contributed by atoms with van der Waals surface area (Å²) >= 11 is 0. The second-order valence-corrected chi connectivity index (χ2v) is 4.58. The van der Waals surface area contributed by atoms with E-state index < -0.39 is 11.7 Å². The summed E-state index contributed by atoms with van der Waals surface area (Å²) < 4.78 is 37.3. The van der Waals surface area contributed by atoms with E-state index >= 15 is 0 Å². The third kappa shape index (κ3) is 3.81. The summed E-state index contributed by atoms with van der Waals surface area (Å²) in [6.07, 6.45) is -0.854. The lowest BCUT2D eigenvalue weighted by Crippen LogP contribution is -2.18. The van der Waals surface area contributed by atoms with Crippen molar-refractivity contribution in [3.05, 3.63) is 65.5 Å².